The van der Waals surface area contributed by atoms with Crippen molar-refractivity contribution in [2.24, 2.45) is 5.41 Å². The zero-order chi connectivity index (χ0) is 14.3. The first-order chi connectivity index (χ1) is 9.50. The quantitative estimate of drug-likeness (QED) is 0.729. The summed E-state index contributed by atoms with van der Waals surface area (Å²) in [6.45, 7) is 0.735. The summed E-state index contributed by atoms with van der Waals surface area (Å²) >= 11 is 0. The molecule has 6 nitrogen and oxygen atoms in total. The number of amides is 2. The number of piperidine rings is 1. The second-order valence-corrected chi connectivity index (χ2v) is 5.40. The van der Waals surface area contributed by atoms with E-state index in [0.717, 1.165) is 12.3 Å². The van der Waals surface area contributed by atoms with Gasteiger partial charge in [-0.15, -0.1) is 0 Å². The van der Waals surface area contributed by atoms with Crippen molar-refractivity contribution in [3.63, 3.8) is 0 Å². The van der Waals surface area contributed by atoms with Crippen LogP contribution in [-0.4, -0.2) is 52.5 Å². The summed E-state index contributed by atoms with van der Waals surface area (Å²) in [6.07, 6.45) is 2.09. The number of likely N-dealkylation sites (tertiary alicyclic amines) is 1. The van der Waals surface area contributed by atoms with Crippen molar-refractivity contribution in [1.29, 1.82) is 0 Å². The molecule has 1 aromatic heterocycles. The molecule has 0 saturated carbocycles. The number of rotatable bonds is 1. The molecule has 2 saturated heterocycles. The number of nitrogens with one attached hydrogen (secondary N) is 1. The summed E-state index contributed by atoms with van der Waals surface area (Å²) in [5, 5.41) is 12.3. The maximum Gasteiger partial charge on any atom is 0.255 e. The fraction of sp³-hybridized carbons (Fsp3) is 0.462. The highest BCUT2D eigenvalue weighted by Gasteiger charge is 2.53. The molecule has 0 aromatic carbocycles. The smallest absolute Gasteiger partial charge is 0.255 e. The van der Waals surface area contributed by atoms with Crippen molar-refractivity contribution in [2.45, 2.75) is 12.5 Å². The highest BCUT2D eigenvalue weighted by atomic mass is 19.1. The fourth-order valence-electron chi connectivity index (χ4n) is 2.83. The number of hydrogen-bond acceptors (Lipinski definition) is 4. The van der Waals surface area contributed by atoms with Crippen LogP contribution < -0.4 is 5.32 Å². The van der Waals surface area contributed by atoms with E-state index in [0.29, 0.717) is 6.42 Å². The molecule has 2 N–H and O–H groups in total. The van der Waals surface area contributed by atoms with Gasteiger partial charge in [-0.05, 0) is 12.5 Å². The van der Waals surface area contributed by atoms with Gasteiger partial charge in [0, 0.05) is 25.8 Å². The first-order valence-electron chi connectivity index (χ1n) is 6.36. The molecule has 0 aliphatic carbocycles. The molecule has 106 valence electrons. The first kappa shape index (κ1) is 13.0. The number of aliphatic hydroxyl groups excluding tert-OH is 1. The number of hydrogen-bond donors (Lipinski definition) is 2. The van der Waals surface area contributed by atoms with E-state index in [4.69, 9.17) is 0 Å². The molecule has 3 heterocycles. The van der Waals surface area contributed by atoms with Crippen LogP contribution in [0.1, 0.15) is 16.8 Å². The summed E-state index contributed by atoms with van der Waals surface area (Å²) in [5.74, 6) is -1.06. The van der Waals surface area contributed by atoms with Crippen molar-refractivity contribution < 1.29 is 19.1 Å². The van der Waals surface area contributed by atoms with Gasteiger partial charge >= 0.3 is 0 Å². The van der Waals surface area contributed by atoms with E-state index < -0.39 is 17.3 Å². The molecule has 1 unspecified atom stereocenters. The monoisotopic (exact) mass is 279 g/mol. The summed E-state index contributed by atoms with van der Waals surface area (Å²) < 4.78 is 13.0. The molecule has 0 radical (unpaired) electrons. The van der Waals surface area contributed by atoms with Gasteiger partial charge in [-0.1, -0.05) is 0 Å². The fourth-order valence-corrected chi connectivity index (χ4v) is 2.83. The molecule has 2 amide bonds. The molecule has 2 aliphatic heterocycles. The number of aliphatic hydroxyl groups is 1. The van der Waals surface area contributed by atoms with Gasteiger partial charge in [-0.3, -0.25) is 14.6 Å². The SMILES string of the molecule is O=C(c1cncc(F)c1)N1CC2(CC(O)CNC2=O)C1. The lowest BCUT2D eigenvalue weighted by Gasteiger charge is -2.51. The Morgan fingerprint density at radius 2 is 2.25 bits per heavy atom. The molecule has 20 heavy (non-hydrogen) atoms. The Morgan fingerprint density at radius 3 is 2.95 bits per heavy atom. The molecule has 0 bridgehead atoms. The summed E-state index contributed by atoms with van der Waals surface area (Å²) in [7, 11) is 0. The lowest BCUT2D eigenvalue weighted by atomic mass is 9.72. The topological polar surface area (TPSA) is 82.5 Å². The highest BCUT2D eigenvalue weighted by Crippen LogP contribution is 2.38. The molecule has 1 aromatic rings. The number of β-amino-alcohol motifs (C(OH)–C–C–N with tert-alkyl or cyclic N) is 1. The van der Waals surface area contributed by atoms with Gasteiger partial charge in [0.25, 0.3) is 5.91 Å². The highest BCUT2D eigenvalue weighted by molar-refractivity contribution is 5.96. The predicted molar refractivity (Wildman–Crippen MR) is 66.2 cm³/mol. The van der Waals surface area contributed by atoms with Gasteiger partial charge in [0.1, 0.15) is 5.82 Å². The van der Waals surface area contributed by atoms with Gasteiger partial charge in [-0.2, -0.15) is 0 Å². The Morgan fingerprint density at radius 1 is 1.50 bits per heavy atom. The Balaban J connectivity index is 1.71. The first-order valence-corrected chi connectivity index (χ1v) is 6.36. The number of carbonyl (C=O) groups excluding carboxylic acids is 2. The van der Waals surface area contributed by atoms with E-state index >= 15 is 0 Å². The van der Waals surface area contributed by atoms with Crippen LogP contribution in [0.2, 0.25) is 0 Å². The van der Waals surface area contributed by atoms with E-state index in [9.17, 15) is 19.1 Å². The minimum Gasteiger partial charge on any atom is -0.391 e. The van der Waals surface area contributed by atoms with E-state index in [1.807, 2.05) is 0 Å². The van der Waals surface area contributed by atoms with Crippen molar-refractivity contribution >= 4 is 11.8 Å². The Labute approximate surface area is 114 Å². The second kappa shape index (κ2) is 4.52. The molecular formula is C13H14FN3O3. The standard InChI is InChI=1S/C13H14FN3O3/c14-9-1-8(3-15-4-9)11(19)17-6-13(7-17)2-10(18)5-16-12(13)20/h1,3-4,10,18H,2,5-7H2,(H,16,20). The predicted octanol–water partition coefficient (Wildman–Crippen LogP) is -0.456. The molecule has 2 aliphatic rings. The summed E-state index contributed by atoms with van der Waals surface area (Å²) in [5.41, 5.74) is -0.537. The number of aromatic nitrogens is 1. The van der Waals surface area contributed by atoms with Crippen LogP contribution in [0.25, 0.3) is 0 Å². The summed E-state index contributed by atoms with van der Waals surface area (Å²) in [4.78, 5) is 29.1. The second-order valence-electron chi connectivity index (χ2n) is 5.40. The van der Waals surface area contributed by atoms with Gasteiger partial charge in [0.2, 0.25) is 5.91 Å². The maximum absolute atomic E-state index is 13.0. The number of halogens is 1. The average Bonchev–Trinajstić information content (AvgIpc) is 2.38. The van der Waals surface area contributed by atoms with E-state index in [-0.39, 0.29) is 37.0 Å². The maximum atomic E-state index is 13.0. The van der Waals surface area contributed by atoms with Crippen LogP contribution in [0.3, 0.4) is 0 Å². The number of pyridine rings is 1. The summed E-state index contributed by atoms with van der Waals surface area (Å²) in [6, 6.07) is 1.12. The third kappa shape index (κ3) is 2.03. The molecular weight excluding hydrogens is 265 g/mol. The van der Waals surface area contributed by atoms with E-state index in [2.05, 4.69) is 10.3 Å². The van der Waals surface area contributed by atoms with Crippen molar-refractivity contribution in [3.05, 3.63) is 29.8 Å². The van der Waals surface area contributed by atoms with Crippen LogP contribution >= 0.6 is 0 Å². The van der Waals surface area contributed by atoms with Crippen molar-refractivity contribution in [2.75, 3.05) is 19.6 Å². The van der Waals surface area contributed by atoms with Crippen LogP contribution in [0.5, 0.6) is 0 Å². The van der Waals surface area contributed by atoms with Gasteiger partial charge in [0.15, 0.2) is 0 Å². The Hall–Kier alpha value is -2.02. The minimum absolute atomic E-state index is 0.135. The average molecular weight is 279 g/mol. The van der Waals surface area contributed by atoms with Crippen molar-refractivity contribution in [1.82, 2.24) is 15.2 Å². The Kier molecular flexibility index (Phi) is 2.93. The van der Waals surface area contributed by atoms with Crippen LogP contribution in [-0.2, 0) is 4.79 Å². The number of carbonyl (C=O) groups is 2. The minimum atomic E-state index is -0.700. The zero-order valence-corrected chi connectivity index (χ0v) is 10.7. The van der Waals surface area contributed by atoms with Gasteiger partial charge in [0.05, 0.1) is 23.3 Å². The lowest BCUT2D eigenvalue weighted by Crippen LogP contribution is -2.68. The largest absolute Gasteiger partial charge is 0.391 e. The van der Waals surface area contributed by atoms with E-state index in [1.165, 1.54) is 11.1 Å². The molecule has 2 fully saturated rings. The molecule has 1 atom stereocenters. The number of nitrogens with zero attached hydrogens (tertiary/aromatic N) is 2. The van der Waals surface area contributed by atoms with Crippen molar-refractivity contribution in [3.8, 4) is 0 Å². The van der Waals surface area contributed by atoms with Gasteiger partial charge < -0.3 is 15.3 Å². The molecule has 3 rings (SSSR count). The van der Waals surface area contributed by atoms with Crippen LogP contribution in [0, 0.1) is 11.2 Å². The third-order valence-corrected chi connectivity index (χ3v) is 3.83. The molecule has 7 heteroatoms. The van der Waals surface area contributed by atoms with E-state index in [1.54, 1.807) is 0 Å². The zero-order valence-electron chi connectivity index (χ0n) is 10.7. The van der Waals surface area contributed by atoms with Crippen LogP contribution in [0.4, 0.5) is 4.39 Å². The molecule has 1 spiro atoms. The Bertz CT molecular complexity index is 572. The normalized spacial score (nSPS) is 24.2. The third-order valence-electron chi connectivity index (χ3n) is 3.83. The van der Waals surface area contributed by atoms with Crippen LogP contribution in [0.15, 0.2) is 18.5 Å². The lowest BCUT2D eigenvalue weighted by molar-refractivity contribution is -0.147. The van der Waals surface area contributed by atoms with Gasteiger partial charge in [-0.25, -0.2) is 4.39 Å².